The van der Waals surface area contributed by atoms with E-state index in [2.05, 4.69) is 10.6 Å². The number of aromatic nitrogens is 4. The van der Waals surface area contributed by atoms with Gasteiger partial charge < -0.3 is 22.1 Å². The highest BCUT2D eigenvalue weighted by molar-refractivity contribution is 6.31. The zero-order chi connectivity index (χ0) is 34.8. The highest BCUT2D eigenvalue weighted by atomic mass is 35.5. The fraction of sp³-hybridized carbons (Fsp3) is 0. The maximum Gasteiger partial charge on any atom is 0.261 e. The van der Waals surface area contributed by atoms with Gasteiger partial charge in [-0.05, 0) is 72.8 Å². The molecule has 12 heteroatoms. The molecule has 0 radical (unpaired) electrons. The van der Waals surface area contributed by atoms with Gasteiger partial charge in [-0.1, -0.05) is 83.9 Å². The van der Waals surface area contributed by atoms with Crippen LogP contribution < -0.4 is 22.1 Å². The summed E-state index contributed by atoms with van der Waals surface area (Å²) in [6, 6.07) is 39.3. The van der Waals surface area contributed by atoms with E-state index < -0.39 is 11.8 Å². The van der Waals surface area contributed by atoms with Crippen molar-refractivity contribution in [3.8, 4) is 33.9 Å². The molecule has 2 aromatic heterocycles. The first-order valence-corrected chi connectivity index (χ1v) is 16.1. The van der Waals surface area contributed by atoms with Crippen LogP contribution in [0.25, 0.3) is 33.9 Å². The molecule has 0 bridgehead atoms. The van der Waals surface area contributed by atoms with Crippen molar-refractivity contribution in [3.05, 3.63) is 155 Å². The van der Waals surface area contributed by atoms with Gasteiger partial charge in [0.15, 0.2) is 0 Å². The average molecular weight is 700 g/mol. The third-order valence-corrected chi connectivity index (χ3v) is 8.44. The summed E-state index contributed by atoms with van der Waals surface area (Å²) in [6.07, 6.45) is 0. The Balaban J connectivity index is 1.15. The Bertz CT molecular complexity index is 2150. The van der Waals surface area contributed by atoms with Crippen molar-refractivity contribution in [1.82, 2.24) is 19.6 Å². The van der Waals surface area contributed by atoms with Gasteiger partial charge in [0.1, 0.15) is 34.2 Å². The molecule has 7 aromatic rings. The number of hydrogen-bond acceptors (Lipinski definition) is 6. The molecule has 0 aliphatic carbocycles. The van der Waals surface area contributed by atoms with Crippen molar-refractivity contribution < 1.29 is 9.59 Å². The number of amides is 2. The second-order valence-corrected chi connectivity index (χ2v) is 12.1. The Kier molecular flexibility index (Phi) is 8.78. The number of halogens is 2. The number of hydrogen-bond donors (Lipinski definition) is 4. The van der Waals surface area contributed by atoms with Gasteiger partial charge in [0.05, 0.1) is 11.4 Å². The van der Waals surface area contributed by atoms with Crippen LogP contribution in [0.5, 0.6) is 0 Å². The van der Waals surface area contributed by atoms with E-state index in [9.17, 15) is 9.59 Å². The maximum atomic E-state index is 13.8. The van der Waals surface area contributed by atoms with E-state index in [0.717, 1.165) is 0 Å². The van der Waals surface area contributed by atoms with Crippen molar-refractivity contribution >= 4 is 58.0 Å². The molecule has 246 valence electrons. The molecular formula is C38H28Cl2N8O2. The van der Waals surface area contributed by atoms with Gasteiger partial charge >= 0.3 is 0 Å². The monoisotopic (exact) mass is 698 g/mol. The lowest BCUT2D eigenvalue weighted by atomic mass is 10.1. The standard InChI is InChI=1S/C38H28Cl2N8O2/c39-25-15-11-23(12-16-25)33-31(35(41)47(45-33)29-7-3-1-4-8-29)37(49)43-27-19-21-28(22-20-27)44-38(50)32-34(24-13-17-26(40)18-14-24)46-48(36(32)42)30-9-5-2-6-10-30/h1-22H,41-42H2,(H,43,49)(H,44,50). The number of nitrogens with one attached hydrogen (secondary N) is 2. The highest BCUT2D eigenvalue weighted by Gasteiger charge is 2.26. The summed E-state index contributed by atoms with van der Waals surface area (Å²) < 4.78 is 3.06. The smallest absolute Gasteiger partial charge is 0.261 e. The summed E-state index contributed by atoms with van der Waals surface area (Å²) in [7, 11) is 0. The number of benzene rings is 5. The number of nitrogen functional groups attached to an aromatic ring is 2. The molecule has 2 amide bonds. The summed E-state index contributed by atoms with van der Waals surface area (Å²) in [4.78, 5) is 27.5. The van der Waals surface area contributed by atoms with Crippen LogP contribution in [-0.4, -0.2) is 31.4 Å². The van der Waals surface area contributed by atoms with Crippen LogP contribution in [-0.2, 0) is 0 Å². The fourth-order valence-electron chi connectivity index (χ4n) is 5.49. The highest BCUT2D eigenvalue weighted by Crippen LogP contribution is 2.33. The van der Waals surface area contributed by atoms with Gasteiger partial charge in [0.2, 0.25) is 0 Å². The Hall–Kier alpha value is -6.36. The summed E-state index contributed by atoms with van der Waals surface area (Å²) in [5.74, 6) is -0.569. The predicted octanol–water partition coefficient (Wildman–Crippen LogP) is 8.37. The Morgan fingerprint density at radius 1 is 0.500 bits per heavy atom. The maximum absolute atomic E-state index is 13.8. The molecule has 10 nitrogen and oxygen atoms in total. The quantitative estimate of drug-likeness (QED) is 0.125. The van der Waals surface area contributed by atoms with Crippen LogP contribution in [0, 0.1) is 0 Å². The molecule has 0 fully saturated rings. The SMILES string of the molecule is Nc1c(C(=O)Nc2ccc(NC(=O)c3c(-c4ccc(Cl)cc4)nn(-c4ccccc4)c3N)cc2)c(-c2ccc(Cl)cc2)nn1-c1ccccc1. The molecule has 0 atom stereocenters. The van der Waals surface area contributed by atoms with Gasteiger partial charge in [-0.25, -0.2) is 9.36 Å². The number of para-hydroxylation sites is 2. The summed E-state index contributed by atoms with van der Waals surface area (Å²) in [5, 5.41) is 16.3. The van der Waals surface area contributed by atoms with E-state index in [1.807, 2.05) is 60.7 Å². The van der Waals surface area contributed by atoms with Crippen LogP contribution in [0.1, 0.15) is 20.7 Å². The Morgan fingerprint density at radius 2 is 0.840 bits per heavy atom. The lowest BCUT2D eigenvalue weighted by Gasteiger charge is -2.10. The second-order valence-electron chi connectivity index (χ2n) is 11.2. The molecule has 0 spiro atoms. The van der Waals surface area contributed by atoms with E-state index in [1.165, 1.54) is 9.36 Å². The number of rotatable bonds is 8. The van der Waals surface area contributed by atoms with Gasteiger partial charge in [-0.15, -0.1) is 0 Å². The van der Waals surface area contributed by atoms with Crippen LogP contribution in [0.2, 0.25) is 10.0 Å². The van der Waals surface area contributed by atoms with Crippen molar-refractivity contribution in [3.63, 3.8) is 0 Å². The van der Waals surface area contributed by atoms with Crippen molar-refractivity contribution in [1.29, 1.82) is 0 Å². The van der Waals surface area contributed by atoms with Gasteiger partial charge in [-0.3, -0.25) is 9.59 Å². The molecule has 6 N–H and O–H groups in total. The normalized spacial score (nSPS) is 10.9. The third-order valence-electron chi connectivity index (χ3n) is 7.93. The Morgan fingerprint density at radius 3 is 1.18 bits per heavy atom. The number of nitrogens with two attached hydrogens (primary N) is 2. The van der Waals surface area contributed by atoms with Crippen LogP contribution >= 0.6 is 23.2 Å². The average Bonchev–Trinajstić information content (AvgIpc) is 3.67. The minimum absolute atomic E-state index is 0.174. The van der Waals surface area contributed by atoms with Gasteiger partial charge in [0.25, 0.3) is 11.8 Å². The van der Waals surface area contributed by atoms with Crippen LogP contribution in [0.4, 0.5) is 23.0 Å². The van der Waals surface area contributed by atoms with Crippen molar-refractivity contribution in [2.45, 2.75) is 0 Å². The minimum atomic E-state index is -0.458. The number of carbonyl (C=O) groups is 2. The number of nitrogens with zero attached hydrogens (tertiary/aromatic N) is 4. The first kappa shape index (κ1) is 32.2. The molecule has 0 saturated carbocycles. The lowest BCUT2D eigenvalue weighted by Crippen LogP contribution is -2.16. The molecule has 0 aliphatic heterocycles. The van der Waals surface area contributed by atoms with Crippen molar-refractivity contribution in [2.24, 2.45) is 0 Å². The summed E-state index contributed by atoms with van der Waals surface area (Å²) >= 11 is 12.2. The molecule has 5 aromatic carbocycles. The van der Waals surface area contributed by atoms with Crippen LogP contribution in [0.3, 0.4) is 0 Å². The molecule has 2 heterocycles. The molecule has 0 unspecified atom stereocenters. The van der Waals surface area contributed by atoms with E-state index in [0.29, 0.717) is 55.3 Å². The predicted molar refractivity (Wildman–Crippen MR) is 199 cm³/mol. The van der Waals surface area contributed by atoms with E-state index >= 15 is 0 Å². The molecule has 7 rings (SSSR count). The number of anilines is 4. The Labute approximate surface area is 296 Å². The molecule has 0 aliphatic rings. The first-order chi connectivity index (χ1) is 24.3. The summed E-state index contributed by atoms with van der Waals surface area (Å²) in [5.41, 5.74) is 18.0. The second kappa shape index (κ2) is 13.6. The number of carbonyl (C=O) groups excluding carboxylic acids is 2. The van der Waals surface area contributed by atoms with Crippen LogP contribution in [0.15, 0.2) is 133 Å². The lowest BCUT2D eigenvalue weighted by molar-refractivity contribution is 0.101. The van der Waals surface area contributed by atoms with E-state index in [4.69, 9.17) is 44.9 Å². The first-order valence-electron chi connectivity index (χ1n) is 15.4. The van der Waals surface area contributed by atoms with Gasteiger partial charge in [-0.2, -0.15) is 10.2 Å². The van der Waals surface area contributed by atoms with E-state index in [1.54, 1.807) is 72.8 Å². The minimum Gasteiger partial charge on any atom is -0.383 e. The van der Waals surface area contributed by atoms with E-state index in [-0.39, 0.29) is 22.8 Å². The molecular weight excluding hydrogens is 671 g/mol. The zero-order valence-corrected chi connectivity index (χ0v) is 27.7. The van der Waals surface area contributed by atoms with Gasteiger partial charge in [0, 0.05) is 32.5 Å². The third kappa shape index (κ3) is 6.40. The largest absolute Gasteiger partial charge is 0.383 e. The topological polar surface area (TPSA) is 146 Å². The van der Waals surface area contributed by atoms with Crippen molar-refractivity contribution in [2.75, 3.05) is 22.1 Å². The molecule has 0 saturated heterocycles. The summed E-state index contributed by atoms with van der Waals surface area (Å²) in [6.45, 7) is 0. The molecule has 50 heavy (non-hydrogen) atoms. The zero-order valence-electron chi connectivity index (χ0n) is 26.2. The fourth-order valence-corrected chi connectivity index (χ4v) is 5.74.